The Balaban J connectivity index is 0.00000191. The number of nitrogens with zero attached hydrogens (tertiary/aromatic N) is 1. The molecule has 0 aliphatic rings. The molecule has 21 heavy (non-hydrogen) atoms. The van der Waals surface area contributed by atoms with Crippen LogP contribution in [0.5, 0.6) is 0 Å². The van der Waals surface area contributed by atoms with E-state index >= 15 is 0 Å². The van der Waals surface area contributed by atoms with Gasteiger partial charge in [0, 0.05) is 5.41 Å². The lowest BCUT2D eigenvalue weighted by atomic mass is 9.81. The average molecular weight is 293 g/mol. The molecule has 0 saturated heterocycles. The number of benzene rings is 1. The number of rotatable bonds is 6. The van der Waals surface area contributed by atoms with E-state index in [0.29, 0.717) is 0 Å². The summed E-state index contributed by atoms with van der Waals surface area (Å²) in [6.45, 7) is 10.1. The first-order valence-electron chi connectivity index (χ1n) is 7.34. The second-order valence-corrected chi connectivity index (χ2v) is 4.89. The molecule has 0 atom stereocenters. The number of oxime groups is 1. The molecule has 0 heterocycles. The maximum Gasteiger partial charge on any atom is 0.346 e. The summed E-state index contributed by atoms with van der Waals surface area (Å²) in [5.74, 6) is -0.439. The van der Waals surface area contributed by atoms with Gasteiger partial charge in [-0.2, -0.15) is 0 Å². The number of hydrogen-bond donors (Lipinski definition) is 0. The minimum atomic E-state index is -0.439. The van der Waals surface area contributed by atoms with Crippen molar-refractivity contribution in [3.8, 4) is 0 Å². The maximum absolute atomic E-state index is 11.0. The van der Waals surface area contributed by atoms with Crippen LogP contribution in [0.4, 0.5) is 0 Å². The zero-order valence-electron chi connectivity index (χ0n) is 14.0. The van der Waals surface area contributed by atoms with Gasteiger partial charge in [0.1, 0.15) is 0 Å². The summed E-state index contributed by atoms with van der Waals surface area (Å²) < 4.78 is 4.52. The van der Waals surface area contributed by atoms with Gasteiger partial charge in [-0.1, -0.05) is 70.1 Å². The van der Waals surface area contributed by atoms with E-state index in [9.17, 15) is 4.79 Å². The number of hydrogen-bond acceptors (Lipinski definition) is 4. The van der Waals surface area contributed by atoms with Crippen molar-refractivity contribution < 1.29 is 14.4 Å². The molecule has 0 aliphatic heterocycles. The lowest BCUT2D eigenvalue weighted by Crippen LogP contribution is -2.25. The maximum atomic E-state index is 11.0. The minimum absolute atomic E-state index is 0.128. The van der Waals surface area contributed by atoms with Gasteiger partial charge in [-0.3, -0.25) is 0 Å². The van der Waals surface area contributed by atoms with E-state index in [4.69, 9.17) is 4.84 Å². The summed E-state index contributed by atoms with van der Waals surface area (Å²) in [5, 5.41) is 4.14. The Bertz CT molecular complexity index is 439. The predicted molar refractivity (Wildman–Crippen MR) is 86.4 cm³/mol. The van der Waals surface area contributed by atoms with Crippen LogP contribution in [0, 0.1) is 5.41 Å². The third kappa shape index (κ3) is 6.43. The number of methoxy groups -OCH3 is 1. The highest BCUT2D eigenvalue weighted by molar-refractivity contribution is 6.04. The first-order chi connectivity index (χ1) is 10.0. The van der Waals surface area contributed by atoms with E-state index < -0.39 is 5.97 Å². The normalized spacial score (nSPS) is 11.2. The average Bonchev–Trinajstić information content (AvgIpc) is 2.53. The fourth-order valence-corrected chi connectivity index (χ4v) is 1.54. The molecule has 0 radical (unpaired) electrons. The van der Waals surface area contributed by atoms with Gasteiger partial charge < -0.3 is 9.57 Å². The Labute approximate surface area is 128 Å². The molecule has 0 aliphatic carbocycles. The quantitative estimate of drug-likeness (QED) is 0.452. The Kier molecular flexibility index (Phi) is 9.10. The van der Waals surface area contributed by atoms with Crippen LogP contribution in [0.3, 0.4) is 0 Å². The molecule has 1 aromatic carbocycles. The summed E-state index contributed by atoms with van der Waals surface area (Å²) in [6, 6.07) is 9.83. The third-order valence-corrected chi connectivity index (χ3v) is 3.14. The molecule has 0 fully saturated rings. The molecule has 118 valence electrons. The summed E-state index contributed by atoms with van der Waals surface area (Å²) in [4.78, 5) is 16.1. The van der Waals surface area contributed by atoms with Crippen LogP contribution < -0.4 is 0 Å². The fourth-order valence-electron chi connectivity index (χ4n) is 1.54. The smallest absolute Gasteiger partial charge is 0.346 e. The Hall–Kier alpha value is -1.84. The lowest BCUT2D eigenvalue weighted by molar-refractivity contribution is -0.145. The number of carbonyl (C=O) groups is 1. The van der Waals surface area contributed by atoms with Gasteiger partial charge in [0.05, 0.1) is 12.8 Å². The van der Waals surface area contributed by atoms with E-state index in [-0.39, 0.29) is 12.0 Å². The van der Waals surface area contributed by atoms with Crippen molar-refractivity contribution in [3.63, 3.8) is 0 Å². The lowest BCUT2D eigenvalue weighted by Gasteiger charge is -2.24. The van der Waals surface area contributed by atoms with Gasteiger partial charge in [-0.25, -0.2) is 4.79 Å². The zero-order valence-corrected chi connectivity index (χ0v) is 14.0. The molecule has 4 heteroatoms. The zero-order chi connectivity index (χ0) is 16.3. The van der Waals surface area contributed by atoms with Crippen LogP contribution in [-0.2, 0) is 14.4 Å². The molecule has 0 unspecified atom stereocenters. The molecule has 0 aromatic heterocycles. The monoisotopic (exact) mass is 293 g/mol. The van der Waals surface area contributed by atoms with Crippen molar-refractivity contribution in [2.45, 2.75) is 41.0 Å². The summed E-state index contributed by atoms with van der Waals surface area (Å²) in [5.41, 5.74) is 1.70. The minimum Gasteiger partial charge on any atom is -0.466 e. The molecular formula is C17H27NO3. The molecule has 0 amide bonds. The van der Waals surface area contributed by atoms with E-state index in [1.807, 2.05) is 44.2 Å². The van der Waals surface area contributed by atoms with Crippen molar-refractivity contribution in [2.24, 2.45) is 10.6 Å². The second-order valence-electron chi connectivity index (χ2n) is 4.89. The predicted octanol–water partition coefficient (Wildman–Crippen LogP) is 4.04. The SMILES string of the molecule is CC.CCC(C)(C)/C(=N/OCC(=O)OC)c1ccccc1. The summed E-state index contributed by atoms with van der Waals surface area (Å²) in [7, 11) is 1.32. The first kappa shape index (κ1) is 19.2. The van der Waals surface area contributed by atoms with Crippen LogP contribution >= 0.6 is 0 Å². The highest BCUT2D eigenvalue weighted by Crippen LogP contribution is 2.26. The van der Waals surface area contributed by atoms with Crippen molar-refractivity contribution in [1.29, 1.82) is 0 Å². The van der Waals surface area contributed by atoms with Crippen molar-refractivity contribution in [2.75, 3.05) is 13.7 Å². The number of esters is 1. The molecule has 4 nitrogen and oxygen atoms in total. The van der Waals surface area contributed by atoms with Gasteiger partial charge >= 0.3 is 5.97 Å². The number of carbonyl (C=O) groups excluding carboxylic acids is 1. The van der Waals surface area contributed by atoms with Gasteiger partial charge in [0.25, 0.3) is 0 Å². The van der Waals surface area contributed by atoms with Crippen molar-refractivity contribution in [3.05, 3.63) is 35.9 Å². The molecular weight excluding hydrogens is 266 g/mol. The van der Waals surface area contributed by atoms with Gasteiger partial charge in [-0.05, 0) is 12.0 Å². The van der Waals surface area contributed by atoms with E-state index in [0.717, 1.165) is 17.7 Å². The van der Waals surface area contributed by atoms with Crippen LogP contribution in [0.25, 0.3) is 0 Å². The van der Waals surface area contributed by atoms with Crippen molar-refractivity contribution in [1.82, 2.24) is 0 Å². The van der Waals surface area contributed by atoms with Crippen LogP contribution in [0.1, 0.15) is 46.6 Å². The number of ether oxygens (including phenoxy) is 1. The molecule has 1 aromatic rings. The molecule has 0 N–H and O–H groups in total. The topological polar surface area (TPSA) is 47.9 Å². The van der Waals surface area contributed by atoms with Crippen LogP contribution in [-0.4, -0.2) is 25.4 Å². The standard InChI is InChI=1S/C15H21NO3.C2H6/c1-5-15(2,3)14(12-9-7-6-8-10-12)16-19-11-13(17)18-4;1-2/h6-10H,5,11H2,1-4H3;1-2H3/b16-14+;. The van der Waals surface area contributed by atoms with Crippen molar-refractivity contribution >= 4 is 11.7 Å². The summed E-state index contributed by atoms with van der Waals surface area (Å²) >= 11 is 0. The third-order valence-electron chi connectivity index (χ3n) is 3.14. The first-order valence-corrected chi connectivity index (χ1v) is 7.34. The molecule has 0 bridgehead atoms. The van der Waals surface area contributed by atoms with E-state index in [2.05, 4.69) is 30.7 Å². The molecule has 0 saturated carbocycles. The van der Waals surface area contributed by atoms with Crippen LogP contribution in [0.15, 0.2) is 35.5 Å². The van der Waals surface area contributed by atoms with Crippen LogP contribution in [0.2, 0.25) is 0 Å². The van der Waals surface area contributed by atoms with E-state index in [1.54, 1.807) is 0 Å². The van der Waals surface area contributed by atoms with E-state index in [1.165, 1.54) is 7.11 Å². The highest BCUT2D eigenvalue weighted by Gasteiger charge is 2.25. The molecule has 1 rings (SSSR count). The fraction of sp³-hybridized carbons (Fsp3) is 0.529. The largest absolute Gasteiger partial charge is 0.466 e. The Morgan fingerprint density at radius 3 is 2.24 bits per heavy atom. The van der Waals surface area contributed by atoms with Gasteiger partial charge in [-0.15, -0.1) is 0 Å². The van der Waals surface area contributed by atoms with Gasteiger partial charge in [0.15, 0.2) is 0 Å². The Morgan fingerprint density at radius 1 is 1.19 bits per heavy atom. The highest BCUT2D eigenvalue weighted by atomic mass is 16.6. The Morgan fingerprint density at radius 2 is 1.76 bits per heavy atom. The molecule has 0 spiro atoms. The summed E-state index contributed by atoms with van der Waals surface area (Å²) in [6.07, 6.45) is 0.919. The van der Waals surface area contributed by atoms with Gasteiger partial charge in [0.2, 0.25) is 6.61 Å². The second kappa shape index (κ2) is 9.97.